The first kappa shape index (κ1) is 11.7. The summed E-state index contributed by atoms with van der Waals surface area (Å²) in [4.78, 5) is 20.3. The van der Waals surface area contributed by atoms with E-state index in [1.54, 1.807) is 18.3 Å². The van der Waals surface area contributed by atoms with Crippen molar-refractivity contribution in [2.24, 2.45) is 0 Å². The topological polar surface area (TPSA) is 52.1 Å². The molecular formula is C12H12N2O2S. The molecule has 0 aliphatic heterocycles. The van der Waals surface area contributed by atoms with Crippen molar-refractivity contribution in [2.75, 3.05) is 7.11 Å². The van der Waals surface area contributed by atoms with Crippen molar-refractivity contribution in [3.05, 3.63) is 40.1 Å². The number of ether oxygens (including phenoxy) is 1. The third-order valence-corrected chi connectivity index (χ3v) is 3.20. The van der Waals surface area contributed by atoms with Crippen molar-refractivity contribution in [1.82, 2.24) is 9.97 Å². The number of hydrogen-bond donors (Lipinski definition) is 0. The second-order valence-electron chi connectivity index (χ2n) is 3.54. The molecule has 88 valence electrons. The maximum atomic E-state index is 12.0. The maximum Gasteiger partial charge on any atom is 0.191 e. The molecule has 0 radical (unpaired) electrons. The van der Waals surface area contributed by atoms with E-state index < -0.39 is 0 Å². The van der Waals surface area contributed by atoms with Crippen LogP contribution in [-0.2, 0) is 6.42 Å². The average Bonchev–Trinajstić information content (AvgIpc) is 2.74. The number of methoxy groups -OCH3 is 1. The van der Waals surface area contributed by atoms with E-state index >= 15 is 0 Å². The fourth-order valence-electron chi connectivity index (χ4n) is 1.47. The molecule has 0 fully saturated rings. The Morgan fingerprint density at radius 1 is 1.53 bits per heavy atom. The second-order valence-corrected chi connectivity index (χ2v) is 4.48. The Bertz CT molecular complexity index is 537. The highest BCUT2D eigenvalue weighted by molar-refractivity contribution is 7.09. The van der Waals surface area contributed by atoms with E-state index in [-0.39, 0.29) is 12.2 Å². The van der Waals surface area contributed by atoms with Gasteiger partial charge in [0.05, 0.1) is 13.5 Å². The molecule has 0 saturated heterocycles. The Kier molecular flexibility index (Phi) is 3.49. The lowest BCUT2D eigenvalue weighted by Crippen LogP contribution is -2.07. The lowest BCUT2D eigenvalue weighted by atomic mass is 10.2. The summed E-state index contributed by atoms with van der Waals surface area (Å²) in [5.74, 6) is 0.433. The summed E-state index contributed by atoms with van der Waals surface area (Å²) in [5.41, 5.74) is 1.30. The summed E-state index contributed by atoms with van der Waals surface area (Å²) >= 11 is 1.49. The van der Waals surface area contributed by atoms with Gasteiger partial charge in [-0.25, -0.2) is 9.97 Å². The molecule has 0 saturated carbocycles. The minimum atomic E-state index is -0.0724. The molecule has 4 nitrogen and oxygen atoms in total. The Morgan fingerprint density at radius 3 is 3.00 bits per heavy atom. The van der Waals surface area contributed by atoms with Crippen molar-refractivity contribution in [2.45, 2.75) is 13.3 Å². The van der Waals surface area contributed by atoms with Crippen molar-refractivity contribution >= 4 is 17.1 Å². The van der Waals surface area contributed by atoms with Gasteiger partial charge in [0.25, 0.3) is 0 Å². The fourth-order valence-corrected chi connectivity index (χ4v) is 2.24. The minimum Gasteiger partial charge on any atom is -0.494 e. The number of nitrogens with zero attached hydrogens (tertiary/aromatic N) is 2. The number of carbonyl (C=O) groups excluding carboxylic acids is 1. The molecule has 0 unspecified atom stereocenters. The molecule has 0 aliphatic carbocycles. The van der Waals surface area contributed by atoms with Crippen molar-refractivity contribution < 1.29 is 9.53 Å². The average molecular weight is 248 g/mol. The molecule has 0 aliphatic rings. The molecule has 17 heavy (non-hydrogen) atoms. The Labute approximate surface area is 103 Å². The first-order chi connectivity index (χ1) is 8.20. The Morgan fingerprint density at radius 2 is 2.35 bits per heavy atom. The van der Waals surface area contributed by atoms with E-state index in [1.165, 1.54) is 18.4 Å². The number of ketones is 1. The van der Waals surface area contributed by atoms with E-state index in [0.29, 0.717) is 11.4 Å². The Hall–Kier alpha value is -1.75. The molecule has 0 N–H and O–H groups in total. The standard InChI is InChI=1S/C12H12N2O2S/c1-8-7-17-11(14-8)6-9(15)12-10(16-2)4-3-5-13-12/h3-5,7H,6H2,1-2H3. The van der Waals surface area contributed by atoms with Gasteiger partial charge < -0.3 is 4.74 Å². The van der Waals surface area contributed by atoms with Gasteiger partial charge in [0.15, 0.2) is 5.78 Å². The molecule has 0 amide bonds. The van der Waals surface area contributed by atoms with Crippen LogP contribution in [0.5, 0.6) is 5.75 Å². The van der Waals surface area contributed by atoms with Crippen molar-refractivity contribution in [3.63, 3.8) is 0 Å². The summed E-state index contributed by atoms with van der Waals surface area (Å²) in [6.45, 7) is 1.91. The number of aromatic nitrogens is 2. The van der Waals surface area contributed by atoms with Gasteiger partial charge >= 0.3 is 0 Å². The van der Waals surface area contributed by atoms with Gasteiger partial charge in [-0.2, -0.15) is 0 Å². The number of rotatable bonds is 4. The molecule has 2 aromatic rings. The molecule has 0 spiro atoms. The third-order valence-electron chi connectivity index (χ3n) is 2.23. The second kappa shape index (κ2) is 5.05. The predicted molar refractivity (Wildman–Crippen MR) is 65.7 cm³/mol. The number of Topliss-reactive ketones (excluding diaryl/α,β-unsaturated/α-hetero) is 1. The molecular weight excluding hydrogens is 236 g/mol. The van der Waals surface area contributed by atoms with Crippen LogP contribution in [0.15, 0.2) is 23.7 Å². The van der Waals surface area contributed by atoms with Crippen LogP contribution in [0.2, 0.25) is 0 Å². The van der Waals surface area contributed by atoms with E-state index in [1.807, 2.05) is 12.3 Å². The smallest absolute Gasteiger partial charge is 0.191 e. The monoisotopic (exact) mass is 248 g/mol. The van der Waals surface area contributed by atoms with Gasteiger partial charge in [-0.1, -0.05) is 0 Å². The van der Waals surface area contributed by atoms with Gasteiger partial charge in [0.2, 0.25) is 0 Å². The van der Waals surface area contributed by atoms with Crippen molar-refractivity contribution in [3.8, 4) is 5.75 Å². The lowest BCUT2D eigenvalue weighted by Gasteiger charge is -2.04. The van der Waals surface area contributed by atoms with Gasteiger partial charge in [0, 0.05) is 17.3 Å². The highest BCUT2D eigenvalue weighted by Gasteiger charge is 2.15. The number of thiazole rings is 1. The highest BCUT2D eigenvalue weighted by atomic mass is 32.1. The van der Waals surface area contributed by atoms with Crippen LogP contribution in [0, 0.1) is 6.92 Å². The number of carbonyl (C=O) groups is 1. The Balaban J connectivity index is 2.20. The van der Waals surface area contributed by atoms with Crippen LogP contribution in [-0.4, -0.2) is 22.9 Å². The van der Waals surface area contributed by atoms with E-state index in [9.17, 15) is 4.79 Å². The van der Waals surface area contributed by atoms with Crippen LogP contribution in [0.25, 0.3) is 0 Å². The molecule has 0 aromatic carbocycles. The fraction of sp³-hybridized carbons (Fsp3) is 0.250. The maximum absolute atomic E-state index is 12.0. The van der Waals surface area contributed by atoms with Gasteiger partial charge in [-0.15, -0.1) is 11.3 Å². The lowest BCUT2D eigenvalue weighted by molar-refractivity contribution is 0.0985. The summed E-state index contributed by atoms with van der Waals surface area (Å²) < 4.78 is 5.11. The zero-order valence-electron chi connectivity index (χ0n) is 9.64. The van der Waals surface area contributed by atoms with Crippen molar-refractivity contribution in [1.29, 1.82) is 0 Å². The van der Waals surface area contributed by atoms with Crippen LogP contribution in [0.1, 0.15) is 21.2 Å². The molecule has 2 aromatic heterocycles. The summed E-state index contributed by atoms with van der Waals surface area (Å²) in [6, 6.07) is 3.47. The van der Waals surface area contributed by atoms with Gasteiger partial charge in [-0.05, 0) is 19.1 Å². The first-order valence-electron chi connectivity index (χ1n) is 5.14. The molecule has 2 rings (SSSR count). The van der Waals surface area contributed by atoms with Crippen LogP contribution in [0.3, 0.4) is 0 Å². The zero-order chi connectivity index (χ0) is 12.3. The summed E-state index contributed by atoms with van der Waals surface area (Å²) in [5, 5.41) is 2.73. The third kappa shape index (κ3) is 2.68. The number of pyridine rings is 1. The summed E-state index contributed by atoms with van der Waals surface area (Å²) in [7, 11) is 1.53. The molecule has 0 bridgehead atoms. The first-order valence-corrected chi connectivity index (χ1v) is 6.02. The largest absolute Gasteiger partial charge is 0.494 e. The minimum absolute atomic E-state index is 0.0724. The van der Waals surface area contributed by atoms with Crippen LogP contribution >= 0.6 is 11.3 Å². The van der Waals surface area contributed by atoms with Gasteiger partial charge in [0.1, 0.15) is 16.5 Å². The van der Waals surface area contributed by atoms with Crippen LogP contribution < -0.4 is 4.74 Å². The normalized spacial score (nSPS) is 10.2. The van der Waals surface area contributed by atoms with Gasteiger partial charge in [-0.3, -0.25) is 4.79 Å². The SMILES string of the molecule is COc1cccnc1C(=O)Cc1nc(C)cs1. The van der Waals surface area contributed by atoms with E-state index in [4.69, 9.17) is 4.74 Å². The van der Waals surface area contributed by atoms with E-state index in [2.05, 4.69) is 9.97 Å². The molecule has 0 atom stereocenters. The van der Waals surface area contributed by atoms with Crippen LogP contribution in [0.4, 0.5) is 0 Å². The predicted octanol–water partition coefficient (Wildman–Crippen LogP) is 2.28. The summed E-state index contributed by atoms with van der Waals surface area (Å²) in [6.07, 6.45) is 1.86. The van der Waals surface area contributed by atoms with E-state index in [0.717, 1.165) is 10.7 Å². The zero-order valence-corrected chi connectivity index (χ0v) is 10.5. The molecule has 2 heterocycles. The molecule has 5 heteroatoms. The highest BCUT2D eigenvalue weighted by Crippen LogP contribution is 2.18. The quantitative estimate of drug-likeness (QED) is 0.779. The number of hydrogen-bond acceptors (Lipinski definition) is 5. The number of aryl methyl sites for hydroxylation is 1.